The lowest BCUT2D eigenvalue weighted by molar-refractivity contribution is 0.185. The van der Waals surface area contributed by atoms with E-state index in [1.54, 1.807) is 0 Å². The van der Waals surface area contributed by atoms with E-state index in [0.717, 1.165) is 37.6 Å². The molecule has 0 aliphatic carbocycles. The van der Waals surface area contributed by atoms with Crippen LogP contribution in [0.1, 0.15) is 26.3 Å². The number of nitrogens with zero attached hydrogens (tertiary/aromatic N) is 3. The van der Waals surface area contributed by atoms with Gasteiger partial charge >= 0.3 is 6.03 Å². The van der Waals surface area contributed by atoms with Crippen LogP contribution >= 0.6 is 0 Å². The Labute approximate surface area is 121 Å². The van der Waals surface area contributed by atoms with Gasteiger partial charge in [0, 0.05) is 37.9 Å². The number of hydrogen-bond donors (Lipinski definition) is 1. The molecule has 20 heavy (non-hydrogen) atoms. The zero-order valence-corrected chi connectivity index (χ0v) is 12.8. The molecule has 0 atom stereocenters. The minimum absolute atomic E-state index is 0.0222. The lowest BCUT2D eigenvalue weighted by Gasteiger charge is -2.36. The molecule has 2 heterocycles. The normalized spacial score (nSPS) is 16.2. The largest absolute Gasteiger partial charge is 0.353 e. The lowest BCUT2D eigenvalue weighted by Crippen LogP contribution is -2.55. The highest BCUT2D eigenvalue weighted by Crippen LogP contribution is 2.14. The molecule has 0 unspecified atom stereocenters. The second-order valence-electron chi connectivity index (χ2n) is 6.35. The van der Waals surface area contributed by atoms with E-state index in [2.05, 4.69) is 21.3 Å². The van der Waals surface area contributed by atoms with Crippen molar-refractivity contribution in [1.29, 1.82) is 0 Å². The molecule has 1 N–H and O–H groups in total. The van der Waals surface area contributed by atoms with Crippen LogP contribution in [0.15, 0.2) is 18.3 Å². The maximum absolute atomic E-state index is 12.1. The number of hydrogen-bond acceptors (Lipinski definition) is 3. The summed E-state index contributed by atoms with van der Waals surface area (Å²) in [7, 11) is 0. The van der Waals surface area contributed by atoms with Gasteiger partial charge in [0.1, 0.15) is 5.82 Å². The Morgan fingerprint density at radius 1 is 1.20 bits per heavy atom. The Balaban J connectivity index is 1.89. The quantitative estimate of drug-likeness (QED) is 0.853. The highest BCUT2D eigenvalue weighted by Gasteiger charge is 2.24. The summed E-state index contributed by atoms with van der Waals surface area (Å²) in [6.45, 7) is 11.1. The molecule has 2 rings (SSSR count). The summed E-state index contributed by atoms with van der Waals surface area (Å²) < 4.78 is 0. The standard InChI is InChI=1S/C15H24N4O/c1-12-5-6-13(16-11-12)18-7-9-19(10-8-18)14(20)17-15(2,3)4/h5-6,11H,7-10H2,1-4H3,(H,17,20). The van der Waals surface area contributed by atoms with E-state index in [1.165, 1.54) is 0 Å². The fraction of sp³-hybridized carbons (Fsp3) is 0.600. The molecule has 0 aromatic carbocycles. The van der Waals surface area contributed by atoms with Crippen LogP contribution in [-0.4, -0.2) is 47.6 Å². The van der Waals surface area contributed by atoms with Crippen LogP contribution in [0.2, 0.25) is 0 Å². The van der Waals surface area contributed by atoms with Gasteiger partial charge in [-0.05, 0) is 39.3 Å². The van der Waals surface area contributed by atoms with E-state index in [1.807, 2.05) is 44.9 Å². The number of amides is 2. The molecule has 1 aliphatic rings. The minimum atomic E-state index is -0.188. The van der Waals surface area contributed by atoms with Gasteiger partial charge in [0.2, 0.25) is 0 Å². The van der Waals surface area contributed by atoms with Crippen LogP contribution in [0.5, 0.6) is 0 Å². The fourth-order valence-electron chi connectivity index (χ4n) is 2.19. The number of aromatic nitrogens is 1. The molecule has 0 saturated carbocycles. The third-order valence-corrected chi connectivity index (χ3v) is 3.27. The van der Waals surface area contributed by atoms with E-state index < -0.39 is 0 Å². The van der Waals surface area contributed by atoms with Gasteiger partial charge in [-0.25, -0.2) is 9.78 Å². The summed E-state index contributed by atoms with van der Waals surface area (Å²) in [5, 5.41) is 3.00. The number of urea groups is 1. The van der Waals surface area contributed by atoms with E-state index in [4.69, 9.17) is 0 Å². The van der Waals surface area contributed by atoms with Crippen molar-refractivity contribution in [1.82, 2.24) is 15.2 Å². The fourth-order valence-corrected chi connectivity index (χ4v) is 2.19. The van der Waals surface area contributed by atoms with Gasteiger partial charge in [-0.1, -0.05) is 6.07 Å². The van der Waals surface area contributed by atoms with Crippen LogP contribution in [0, 0.1) is 6.92 Å². The number of piperazine rings is 1. The summed E-state index contributed by atoms with van der Waals surface area (Å²) in [5.41, 5.74) is 0.976. The number of nitrogens with one attached hydrogen (secondary N) is 1. The average molecular weight is 276 g/mol. The lowest BCUT2D eigenvalue weighted by atomic mass is 10.1. The van der Waals surface area contributed by atoms with Crippen LogP contribution in [-0.2, 0) is 0 Å². The summed E-state index contributed by atoms with van der Waals surface area (Å²) >= 11 is 0. The smallest absolute Gasteiger partial charge is 0.317 e. The van der Waals surface area contributed by atoms with E-state index in [9.17, 15) is 4.79 Å². The number of carbonyl (C=O) groups is 1. The summed E-state index contributed by atoms with van der Waals surface area (Å²) in [6, 6.07) is 4.13. The molecule has 110 valence electrons. The van der Waals surface area contributed by atoms with E-state index in [0.29, 0.717) is 0 Å². The van der Waals surface area contributed by atoms with Gasteiger partial charge in [0.15, 0.2) is 0 Å². The van der Waals surface area contributed by atoms with Crippen molar-refractivity contribution in [3.05, 3.63) is 23.9 Å². The van der Waals surface area contributed by atoms with Crippen molar-refractivity contribution >= 4 is 11.8 Å². The molecular formula is C15H24N4O. The van der Waals surface area contributed by atoms with Crippen molar-refractivity contribution in [2.45, 2.75) is 33.2 Å². The molecule has 1 aromatic rings. The Kier molecular flexibility index (Phi) is 4.16. The number of anilines is 1. The van der Waals surface area contributed by atoms with Crippen LogP contribution in [0.3, 0.4) is 0 Å². The van der Waals surface area contributed by atoms with Gasteiger partial charge < -0.3 is 15.1 Å². The van der Waals surface area contributed by atoms with Crippen molar-refractivity contribution in [3.8, 4) is 0 Å². The zero-order valence-electron chi connectivity index (χ0n) is 12.8. The first-order valence-corrected chi connectivity index (χ1v) is 7.10. The Morgan fingerprint density at radius 2 is 1.85 bits per heavy atom. The predicted molar refractivity (Wildman–Crippen MR) is 81.0 cm³/mol. The first-order valence-electron chi connectivity index (χ1n) is 7.10. The van der Waals surface area contributed by atoms with E-state index >= 15 is 0 Å². The van der Waals surface area contributed by atoms with Gasteiger partial charge in [0.25, 0.3) is 0 Å². The third-order valence-electron chi connectivity index (χ3n) is 3.27. The molecule has 0 spiro atoms. The molecule has 2 amide bonds. The van der Waals surface area contributed by atoms with Gasteiger partial charge in [-0.3, -0.25) is 0 Å². The Morgan fingerprint density at radius 3 is 2.35 bits per heavy atom. The average Bonchev–Trinajstić information content (AvgIpc) is 2.38. The van der Waals surface area contributed by atoms with Crippen molar-refractivity contribution in [2.24, 2.45) is 0 Å². The zero-order chi connectivity index (χ0) is 14.8. The molecule has 1 saturated heterocycles. The summed E-state index contributed by atoms with van der Waals surface area (Å²) in [4.78, 5) is 20.6. The molecule has 1 aromatic heterocycles. The van der Waals surface area contributed by atoms with E-state index in [-0.39, 0.29) is 11.6 Å². The molecule has 5 heteroatoms. The second-order valence-corrected chi connectivity index (χ2v) is 6.35. The third kappa shape index (κ3) is 3.85. The van der Waals surface area contributed by atoms with Gasteiger partial charge in [0.05, 0.1) is 0 Å². The number of aryl methyl sites for hydroxylation is 1. The highest BCUT2D eigenvalue weighted by atomic mass is 16.2. The molecular weight excluding hydrogens is 252 g/mol. The number of pyridine rings is 1. The number of carbonyl (C=O) groups excluding carboxylic acids is 1. The molecule has 0 radical (unpaired) electrons. The van der Waals surface area contributed by atoms with Crippen molar-refractivity contribution in [3.63, 3.8) is 0 Å². The van der Waals surface area contributed by atoms with Crippen LogP contribution in [0.4, 0.5) is 10.6 Å². The second kappa shape index (κ2) is 5.69. The first-order chi connectivity index (χ1) is 9.35. The van der Waals surface area contributed by atoms with Crippen molar-refractivity contribution < 1.29 is 4.79 Å². The molecule has 1 aliphatic heterocycles. The summed E-state index contributed by atoms with van der Waals surface area (Å²) in [6.07, 6.45) is 1.88. The predicted octanol–water partition coefficient (Wildman–Crippen LogP) is 2.02. The van der Waals surface area contributed by atoms with Gasteiger partial charge in [-0.2, -0.15) is 0 Å². The molecule has 1 fully saturated rings. The minimum Gasteiger partial charge on any atom is -0.353 e. The first kappa shape index (κ1) is 14.6. The van der Waals surface area contributed by atoms with Gasteiger partial charge in [-0.15, -0.1) is 0 Å². The Hall–Kier alpha value is -1.78. The highest BCUT2D eigenvalue weighted by molar-refractivity contribution is 5.75. The topological polar surface area (TPSA) is 48.5 Å². The summed E-state index contributed by atoms with van der Waals surface area (Å²) in [5.74, 6) is 0.992. The van der Waals surface area contributed by atoms with Crippen molar-refractivity contribution in [2.75, 3.05) is 31.1 Å². The van der Waals surface area contributed by atoms with Crippen LogP contribution < -0.4 is 10.2 Å². The maximum Gasteiger partial charge on any atom is 0.317 e. The molecule has 0 bridgehead atoms. The number of rotatable bonds is 1. The molecule has 5 nitrogen and oxygen atoms in total. The SMILES string of the molecule is Cc1ccc(N2CCN(C(=O)NC(C)(C)C)CC2)nc1. The maximum atomic E-state index is 12.1. The van der Waals surface area contributed by atoms with Crippen LogP contribution in [0.25, 0.3) is 0 Å². The monoisotopic (exact) mass is 276 g/mol. The Bertz CT molecular complexity index is 456.